The standard InChI is InChI=1S/C29H38N2O/c1-8-23(20(3)4)18-22(6)28(31-29(32)25-16-14-21(5)15-17-25)19-24(9-2)26-12-10-11-13-27(26)30-7/h9-17,23,28,30H,3,6,8,18-19H2,1-2,4-5,7H3,(H,31,32)/b24-9-. The Labute approximate surface area is 194 Å². The van der Waals surface area contributed by atoms with Gasteiger partial charge in [0.25, 0.3) is 5.91 Å². The highest BCUT2D eigenvalue weighted by molar-refractivity contribution is 5.94. The first-order chi connectivity index (χ1) is 15.3. The van der Waals surface area contributed by atoms with Crippen molar-refractivity contribution in [2.75, 3.05) is 12.4 Å². The number of anilines is 1. The maximum Gasteiger partial charge on any atom is 0.251 e. The maximum absolute atomic E-state index is 13.1. The fourth-order valence-electron chi connectivity index (χ4n) is 3.95. The zero-order chi connectivity index (χ0) is 23.7. The van der Waals surface area contributed by atoms with E-state index < -0.39 is 0 Å². The average molecular weight is 431 g/mol. The predicted molar refractivity (Wildman–Crippen MR) is 139 cm³/mol. The van der Waals surface area contributed by atoms with Gasteiger partial charge in [-0.3, -0.25) is 4.79 Å². The van der Waals surface area contributed by atoms with Gasteiger partial charge in [-0.1, -0.05) is 73.2 Å². The molecule has 2 atom stereocenters. The molecule has 0 heterocycles. The van der Waals surface area contributed by atoms with Crippen molar-refractivity contribution in [1.29, 1.82) is 0 Å². The summed E-state index contributed by atoms with van der Waals surface area (Å²) in [5.74, 6) is 0.289. The van der Waals surface area contributed by atoms with Gasteiger partial charge in [0, 0.05) is 23.9 Å². The molecular weight excluding hydrogens is 392 g/mol. The van der Waals surface area contributed by atoms with E-state index in [1.165, 1.54) is 5.57 Å². The van der Waals surface area contributed by atoms with Crippen LogP contribution >= 0.6 is 0 Å². The number of rotatable bonds is 11. The van der Waals surface area contributed by atoms with Gasteiger partial charge in [-0.2, -0.15) is 0 Å². The van der Waals surface area contributed by atoms with Crippen molar-refractivity contribution >= 4 is 17.2 Å². The van der Waals surface area contributed by atoms with Crippen LogP contribution in [0.5, 0.6) is 0 Å². The second-order valence-corrected chi connectivity index (χ2v) is 8.52. The molecule has 0 aliphatic heterocycles. The molecule has 2 rings (SSSR count). The number of para-hydroxylation sites is 1. The number of allylic oxidation sites excluding steroid dienone is 2. The van der Waals surface area contributed by atoms with Crippen molar-refractivity contribution in [3.8, 4) is 0 Å². The molecule has 1 amide bonds. The molecule has 3 heteroatoms. The molecule has 0 radical (unpaired) electrons. The summed E-state index contributed by atoms with van der Waals surface area (Å²) in [6.45, 7) is 16.9. The lowest BCUT2D eigenvalue weighted by Gasteiger charge is -2.26. The molecule has 170 valence electrons. The summed E-state index contributed by atoms with van der Waals surface area (Å²) < 4.78 is 0. The normalized spacial score (nSPS) is 13.2. The number of benzene rings is 2. The molecule has 2 unspecified atom stereocenters. The SMILES string of the molecule is C=C(C)C(CC)CC(=C)C(C/C(=C/C)c1ccccc1NC)NC(=O)c1ccc(C)cc1. The smallest absolute Gasteiger partial charge is 0.251 e. The van der Waals surface area contributed by atoms with E-state index in [0.717, 1.165) is 40.8 Å². The van der Waals surface area contributed by atoms with E-state index in [1.807, 2.05) is 57.3 Å². The second-order valence-electron chi connectivity index (χ2n) is 8.52. The molecule has 0 saturated heterocycles. The van der Waals surface area contributed by atoms with Crippen molar-refractivity contribution in [2.24, 2.45) is 5.92 Å². The van der Waals surface area contributed by atoms with Gasteiger partial charge >= 0.3 is 0 Å². The molecule has 2 aromatic carbocycles. The summed E-state index contributed by atoms with van der Waals surface area (Å²) in [5.41, 5.74) is 7.38. The van der Waals surface area contributed by atoms with Crippen LogP contribution in [0.25, 0.3) is 5.57 Å². The molecule has 0 fully saturated rings. The van der Waals surface area contributed by atoms with E-state index in [2.05, 4.69) is 55.8 Å². The third kappa shape index (κ3) is 6.71. The second kappa shape index (κ2) is 12.1. The first-order valence-electron chi connectivity index (χ1n) is 11.4. The van der Waals surface area contributed by atoms with E-state index in [9.17, 15) is 4.79 Å². The molecule has 32 heavy (non-hydrogen) atoms. The number of carbonyl (C=O) groups excluding carboxylic acids is 1. The lowest BCUT2D eigenvalue weighted by Crippen LogP contribution is -2.37. The van der Waals surface area contributed by atoms with Crippen LogP contribution in [0.2, 0.25) is 0 Å². The van der Waals surface area contributed by atoms with Gasteiger partial charge in [0.1, 0.15) is 0 Å². The average Bonchev–Trinajstić information content (AvgIpc) is 2.80. The first-order valence-corrected chi connectivity index (χ1v) is 11.4. The lowest BCUT2D eigenvalue weighted by molar-refractivity contribution is 0.0942. The van der Waals surface area contributed by atoms with Crippen molar-refractivity contribution in [2.45, 2.75) is 53.0 Å². The number of aryl methyl sites for hydroxylation is 1. The van der Waals surface area contributed by atoms with E-state index >= 15 is 0 Å². The number of nitrogens with one attached hydrogen (secondary N) is 2. The Bertz CT molecular complexity index is 969. The minimum atomic E-state index is -0.173. The Morgan fingerprint density at radius 3 is 2.28 bits per heavy atom. The van der Waals surface area contributed by atoms with E-state index in [4.69, 9.17) is 0 Å². The summed E-state index contributed by atoms with van der Waals surface area (Å²) in [4.78, 5) is 13.1. The van der Waals surface area contributed by atoms with Gasteiger partial charge in [-0.15, -0.1) is 0 Å². The maximum atomic E-state index is 13.1. The van der Waals surface area contributed by atoms with Gasteiger partial charge in [0.15, 0.2) is 0 Å². The zero-order valence-corrected chi connectivity index (χ0v) is 20.3. The molecule has 0 saturated carbocycles. The minimum absolute atomic E-state index is 0.0723. The highest BCUT2D eigenvalue weighted by Crippen LogP contribution is 2.31. The molecular formula is C29H38N2O. The Morgan fingerprint density at radius 2 is 1.72 bits per heavy atom. The van der Waals surface area contributed by atoms with Gasteiger partial charge in [-0.05, 0) is 69.7 Å². The summed E-state index contributed by atoms with van der Waals surface area (Å²) >= 11 is 0. The number of hydrogen-bond acceptors (Lipinski definition) is 2. The van der Waals surface area contributed by atoms with Gasteiger partial charge in [0.2, 0.25) is 0 Å². The van der Waals surface area contributed by atoms with E-state index in [-0.39, 0.29) is 11.9 Å². The van der Waals surface area contributed by atoms with Crippen LogP contribution < -0.4 is 10.6 Å². The highest BCUT2D eigenvalue weighted by atomic mass is 16.1. The van der Waals surface area contributed by atoms with E-state index in [0.29, 0.717) is 17.9 Å². The molecule has 0 bridgehead atoms. The number of amides is 1. The van der Waals surface area contributed by atoms with Crippen LogP contribution in [0, 0.1) is 12.8 Å². The Hall–Kier alpha value is -3.07. The molecule has 0 spiro atoms. The van der Waals surface area contributed by atoms with Crippen LogP contribution in [0.4, 0.5) is 5.69 Å². The number of hydrogen-bond donors (Lipinski definition) is 2. The van der Waals surface area contributed by atoms with Crippen molar-refractivity contribution in [3.63, 3.8) is 0 Å². The Kier molecular flexibility index (Phi) is 9.52. The van der Waals surface area contributed by atoms with Crippen LogP contribution in [0.3, 0.4) is 0 Å². The summed E-state index contributed by atoms with van der Waals surface area (Å²) in [7, 11) is 1.93. The molecule has 3 nitrogen and oxygen atoms in total. The lowest BCUT2D eigenvalue weighted by atomic mass is 9.86. The summed E-state index contributed by atoms with van der Waals surface area (Å²) in [5, 5.41) is 6.54. The largest absolute Gasteiger partial charge is 0.388 e. The fourth-order valence-corrected chi connectivity index (χ4v) is 3.95. The number of carbonyl (C=O) groups is 1. The van der Waals surface area contributed by atoms with Crippen molar-refractivity contribution in [1.82, 2.24) is 5.32 Å². The van der Waals surface area contributed by atoms with Gasteiger partial charge in [-0.25, -0.2) is 0 Å². The molecule has 0 aliphatic carbocycles. The topological polar surface area (TPSA) is 41.1 Å². The Morgan fingerprint density at radius 1 is 1.06 bits per heavy atom. The quantitative estimate of drug-likeness (QED) is 0.371. The predicted octanol–water partition coefficient (Wildman–Crippen LogP) is 7.18. The molecule has 0 aliphatic rings. The monoisotopic (exact) mass is 430 g/mol. The van der Waals surface area contributed by atoms with E-state index in [1.54, 1.807) is 0 Å². The molecule has 0 aromatic heterocycles. The van der Waals surface area contributed by atoms with Crippen LogP contribution in [-0.4, -0.2) is 19.0 Å². The highest BCUT2D eigenvalue weighted by Gasteiger charge is 2.22. The van der Waals surface area contributed by atoms with Crippen LogP contribution in [0.15, 0.2) is 78.9 Å². The zero-order valence-electron chi connectivity index (χ0n) is 20.3. The van der Waals surface area contributed by atoms with Gasteiger partial charge in [0.05, 0.1) is 6.04 Å². The third-order valence-electron chi connectivity index (χ3n) is 6.13. The minimum Gasteiger partial charge on any atom is -0.388 e. The fraction of sp³-hybridized carbons (Fsp3) is 0.345. The van der Waals surface area contributed by atoms with Crippen LogP contribution in [0.1, 0.15) is 61.5 Å². The van der Waals surface area contributed by atoms with Crippen LogP contribution in [-0.2, 0) is 0 Å². The first kappa shape index (κ1) is 25.2. The van der Waals surface area contributed by atoms with Crippen molar-refractivity contribution in [3.05, 3.63) is 95.6 Å². The third-order valence-corrected chi connectivity index (χ3v) is 6.13. The van der Waals surface area contributed by atoms with Gasteiger partial charge < -0.3 is 10.6 Å². The molecule has 2 N–H and O–H groups in total. The summed E-state index contributed by atoms with van der Waals surface area (Å²) in [6.07, 6.45) is 4.63. The summed E-state index contributed by atoms with van der Waals surface area (Å²) in [6, 6.07) is 15.8. The Balaban J connectivity index is 2.33. The molecule has 2 aromatic rings. The van der Waals surface area contributed by atoms with Crippen molar-refractivity contribution < 1.29 is 4.79 Å².